The van der Waals surface area contributed by atoms with E-state index < -0.39 is 17.5 Å². The number of carbonyl (C=O) groups excluding carboxylic acids is 3. The van der Waals surface area contributed by atoms with Gasteiger partial charge in [0.25, 0.3) is 5.91 Å². The van der Waals surface area contributed by atoms with Gasteiger partial charge in [-0.3, -0.25) is 14.4 Å². The number of likely N-dealkylation sites (N-methyl/N-ethyl adjacent to an activating group) is 2. The van der Waals surface area contributed by atoms with Gasteiger partial charge < -0.3 is 15.1 Å². The van der Waals surface area contributed by atoms with E-state index in [9.17, 15) is 19.6 Å². The largest absolute Gasteiger partial charge is 0.330 e. The Morgan fingerprint density at radius 2 is 1.55 bits per heavy atom. The second-order valence-electron chi connectivity index (χ2n) is 11.1. The number of carbonyl (C=O) groups is 3. The van der Waals surface area contributed by atoms with Crippen LogP contribution in [0.3, 0.4) is 0 Å². The van der Waals surface area contributed by atoms with Crippen LogP contribution in [0.2, 0.25) is 0 Å². The zero-order valence-corrected chi connectivity index (χ0v) is 23.7. The summed E-state index contributed by atoms with van der Waals surface area (Å²) in [5.74, 6) is -0.675. The molecular formula is C33H36N4O3. The second kappa shape index (κ2) is 11.7. The lowest BCUT2D eigenvalue weighted by molar-refractivity contribution is -0.137. The van der Waals surface area contributed by atoms with E-state index in [0.29, 0.717) is 12.0 Å². The molecule has 1 heterocycles. The van der Waals surface area contributed by atoms with Gasteiger partial charge in [0, 0.05) is 25.3 Å². The Bertz CT molecular complexity index is 1450. The summed E-state index contributed by atoms with van der Waals surface area (Å²) in [5.41, 5.74) is 2.78. The van der Waals surface area contributed by atoms with E-state index >= 15 is 0 Å². The molecule has 0 saturated heterocycles. The quantitative estimate of drug-likeness (QED) is 0.391. The summed E-state index contributed by atoms with van der Waals surface area (Å²) in [5, 5.41) is 13.0. The lowest BCUT2D eigenvalue weighted by Crippen LogP contribution is -2.52. The minimum Gasteiger partial charge on any atom is -0.330 e. The first kappa shape index (κ1) is 28.6. The lowest BCUT2D eigenvalue weighted by atomic mass is 9.78. The van der Waals surface area contributed by atoms with Gasteiger partial charge in [-0.2, -0.15) is 5.26 Å². The average Bonchev–Trinajstić information content (AvgIpc) is 3.22. The maximum absolute atomic E-state index is 14.0. The Hall–Kier alpha value is -4.44. The number of rotatable bonds is 9. The minimum atomic E-state index is -0.963. The highest BCUT2D eigenvalue weighted by atomic mass is 16.2. The summed E-state index contributed by atoms with van der Waals surface area (Å²) in [6.45, 7) is 5.80. The van der Waals surface area contributed by atoms with Gasteiger partial charge in [0.05, 0.1) is 11.5 Å². The SMILES string of the molecule is CC(C)C[C@@H](C(=O)N(C)[C@H](C#N)C[C@@]1(C)C(=O)Nc2ccccc21)N(C)C(=O)c1ccccc1-c1ccccc1. The fourth-order valence-corrected chi connectivity index (χ4v) is 5.44. The van der Waals surface area contributed by atoms with Crippen LogP contribution in [0, 0.1) is 17.2 Å². The van der Waals surface area contributed by atoms with Crippen LogP contribution in [0.15, 0.2) is 78.9 Å². The second-order valence-corrected chi connectivity index (χ2v) is 11.1. The number of para-hydroxylation sites is 1. The molecule has 3 aromatic carbocycles. The van der Waals surface area contributed by atoms with Gasteiger partial charge in [-0.15, -0.1) is 0 Å². The van der Waals surface area contributed by atoms with Gasteiger partial charge in [0.15, 0.2) is 0 Å². The Labute approximate surface area is 236 Å². The number of amides is 3. The topological polar surface area (TPSA) is 93.5 Å². The number of anilines is 1. The zero-order valence-electron chi connectivity index (χ0n) is 23.7. The molecule has 7 heteroatoms. The van der Waals surface area contributed by atoms with Crippen LogP contribution in [0.25, 0.3) is 11.1 Å². The maximum Gasteiger partial charge on any atom is 0.254 e. The van der Waals surface area contributed by atoms with Crippen LogP contribution >= 0.6 is 0 Å². The van der Waals surface area contributed by atoms with Crippen molar-refractivity contribution in [3.8, 4) is 17.2 Å². The summed E-state index contributed by atoms with van der Waals surface area (Å²) in [6.07, 6.45) is 0.565. The summed E-state index contributed by atoms with van der Waals surface area (Å²) < 4.78 is 0. The third-order valence-corrected chi connectivity index (χ3v) is 7.85. The molecule has 0 spiro atoms. The van der Waals surface area contributed by atoms with Crippen LogP contribution in [0.1, 0.15) is 49.5 Å². The molecule has 3 aromatic rings. The molecule has 0 fully saturated rings. The van der Waals surface area contributed by atoms with Gasteiger partial charge in [-0.05, 0) is 54.5 Å². The van der Waals surface area contributed by atoms with Crippen molar-refractivity contribution in [2.45, 2.75) is 51.1 Å². The molecule has 0 bridgehead atoms. The Morgan fingerprint density at radius 1 is 0.925 bits per heavy atom. The normalized spacial score (nSPS) is 17.4. The van der Waals surface area contributed by atoms with E-state index in [1.807, 2.05) is 86.6 Å². The van der Waals surface area contributed by atoms with Gasteiger partial charge >= 0.3 is 0 Å². The Morgan fingerprint density at radius 3 is 2.23 bits per heavy atom. The number of nitriles is 1. The third kappa shape index (κ3) is 5.48. The summed E-state index contributed by atoms with van der Waals surface area (Å²) >= 11 is 0. The molecule has 4 rings (SSSR count). The Kier molecular flexibility index (Phi) is 8.39. The van der Waals surface area contributed by atoms with Crippen molar-refractivity contribution in [2.75, 3.05) is 19.4 Å². The molecule has 1 aliphatic heterocycles. The summed E-state index contributed by atoms with van der Waals surface area (Å²) in [7, 11) is 3.23. The predicted molar refractivity (Wildman–Crippen MR) is 156 cm³/mol. The molecule has 1 N–H and O–H groups in total. The highest BCUT2D eigenvalue weighted by Gasteiger charge is 2.46. The molecule has 40 heavy (non-hydrogen) atoms. The number of nitrogens with zero attached hydrogens (tertiary/aromatic N) is 3. The minimum absolute atomic E-state index is 0.118. The molecule has 3 amide bonds. The average molecular weight is 537 g/mol. The van der Waals surface area contributed by atoms with Gasteiger partial charge in [0.1, 0.15) is 12.1 Å². The van der Waals surface area contributed by atoms with Crippen molar-refractivity contribution in [3.63, 3.8) is 0 Å². The highest BCUT2D eigenvalue weighted by Crippen LogP contribution is 2.41. The fraction of sp³-hybridized carbons (Fsp3) is 0.333. The molecular weight excluding hydrogens is 500 g/mol. The van der Waals surface area contributed by atoms with E-state index in [-0.39, 0.29) is 30.1 Å². The van der Waals surface area contributed by atoms with E-state index in [1.54, 1.807) is 27.1 Å². The number of benzene rings is 3. The van der Waals surface area contributed by atoms with E-state index in [1.165, 1.54) is 9.80 Å². The predicted octanol–water partition coefficient (Wildman–Crippen LogP) is 5.49. The molecule has 0 unspecified atom stereocenters. The van der Waals surface area contributed by atoms with Crippen LogP contribution < -0.4 is 5.32 Å². The van der Waals surface area contributed by atoms with Crippen molar-refractivity contribution in [2.24, 2.45) is 5.92 Å². The molecule has 3 atom stereocenters. The van der Waals surface area contributed by atoms with Gasteiger partial charge in [-0.1, -0.05) is 80.6 Å². The zero-order chi connectivity index (χ0) is 29.0. The monoisotopic (exact) mass is 536 g/mol. The van der Waals surface area contributed by atoms with Crippen molar-refractivity contribution in [1.29, 1.82) is 5.26 Å². The first-order valence-electron chi connectivity index (χ1n) is 13.6. The summed E-state index contributed by atoms with van der Waals surface area (Å²) in [6, 6.07) is 25.1. The molecule has 206 valence electrons. The van der Waals surface area contributed by atoms with Crippen LogP contribution in [-0.4, -0.2) is 53.7 Å². The summed E-state index contributed by atoms with van der Waals surface area (Å²) in [4.78, 5) is 43.8. The molecule has 0 aromatic heterocycles. The molecule has 0 radical (unpaired) electrons. The molecule has 7 nitrogen and oxygen atoms in total. The molecule has 1 aliphatic rings. The fourth-order valence-electron chi connectivity index (χ4n) is 5.44. The molecule has 0 saturated carbocycles. The van der Waals surface area contributed by atoms with Gasteiger partial charge in [0.2, 0.25) is 11.8 Å². The van der Waals surface area contributed by atoms with E-state index in [2.05, 4.69) is 11.4 Å². The van der Waals surface area contributed by atoms with E-state index in [4.69, 9.17) is 0 Å². The first-order valence-corrected chi connectivity index (χ1v) is 13.6. The lowest BCUT2D eigenvalue weighted by Gasteiger charge is -2.35. The van der Waals surface area contributed by atoms with Crippen molar-refractivity contribution in [1.82, 2.24) is 9.80 Å². The first-order chi connectivity index (χ1) is 19.1. The van der Waals surface area contributed by atoms with Gasteiger partial charge in [-0.25, -0.2) is 0 Å². The molecule has 0 aliphatic carbocycles. The Balaban J connectivity index is 1.61. The van der Waals surface area contributed by atoms with E-state index in [0.717, 1.165) is 22.4 Å². The highest BCUT2D eigenvalue weighted by molar-refractivity contribution is 6.06. The number of nitrogens with one attached hydrogen (secondary N) is 1. The number of hydrogen-bond acceptors (Lipinski definition) is 4. The smallest absolute Gasteiger partial charge is 0.254 e. The van der Waals surface area contributed by atoms with Crippen molar-refractivity contribution >= 4 is 23.4 Å². The maximum atomic E-state index is 14.0. The number of fused-ring (bicyclic) bond motifs is 1. The number of hydrogen-bond donors (Lipinski definition) is 1. The van der Waals surface area contributed by atoms with Crippen LogP contribution in [0.4, 0.5) is 5.69 Å². The van der Waals surface area contributed by atoms with Crippen LogP contribution in [0.5, 0.6) is 0 Å². The van der Waals surface area contributed by atoms with Crippen LogP contribution in [-0.2, 0) is 15.0 Å². The van der Waals surface area contributed by atoms with Crippen molar-refractivity contribution in [3.05, 3.63) is 90.0 Å². The third-order valence-electron chi connectivity index (χ3n) is 7.85. The van der Waals surface area contributed by atoms with Crippen molar-refractivity contribution < 1.29 is 14.4 Å². The standard InChI is InChI=1S/C33H36N4O3/c1-22(2)19-29(37(5)30(38)26-16-10-9-15-25(26)23-13-7-6-8-14-23)31(39)36(4)24(21-34)20-33(3)27-17-11-12-18-28(27)35-32(33)40/h6-18,22,24,29H,19-20H2,1-5H3,(H,35,40)/t24-,29-,33+/m0/s1.